The second-order valence-electron chi connectivity index (χ2n) is 4.47. The fourth-order valence-electron chi connectivity index (χ4n) is 1.95. The number of nitrogens with one attached hydrogen (secondary N) is 2. The summed E-state index contributed by atoms with van der Waals surface area (Å²) < 4.78 is 73.2. The molecule has 19 heavy (non-hydrogen) atoms. The summed E-state index contributed by atoms with van der Waals surface area (Å²) in [6, 6.07) is -5.65. The van der Waals surface area contributed by atoms with Gasteiger partial charge < -0.3 is 10.6 Å². The largest absolute Gasteiger partial charge is 0.417 e. The van der Waals surface area contributed by atoms with Crippen LogP contribution >= 0.6 is 0 Å². The molecule has 2 amide bonds. The topological polar surface area (TPSA) is 41.1 Å². The molecule has 9 heteroatoms. The van der Waals surface area contributed by atoms with Gasteiger partial charge in [0.15, 0.2) is 0 Å². The fourth-order valence-corrected chi connectivity index (χ4v) is 1.95. The van der Waals surface area contributed by atoms with Crippen molar-refractivity contribution in [3.05, 3.63) is 0 Å². The highest BCUT2D eigenvalue weighted by molar-refractivity contribution is 5.74. The first-order chi connectivity index (χ1) is 8.60. The quantitative estimate of drug-likeness (QED) is 0.754. The number of alkyl halides is 6. The maximum absolute atomic E-state index is 12.2. The first-order valence-corrected chi connectivity index (χ1v) is 5.81. The Labute approximate surface area is 105 Å². The van der Waals surface area contributed by atoms with E-state index < -0.39 is 24.4 Å². The number of rotatable bonds is 2. The van der Waals surface area contributed by atoms with Crippen molar-refractivity contribution in [2.45, 2.75) is 56.5 Å². The van der Waals surface area contributed by atoms with Gasteiger partial charge in [0.25, 0.3) is 0 Å². The molecule has 0 radical (unpaired) electrons. The predicted octanol–water partition coefficient (Wildman–Crippen LogP) is 3.11. The molecule has 1 aliphatic carbocycles. The predicted molar refractivity (Wildman–Crippen MR) is 54.4 cm³/mol. The van der Waals surface area contributed by atoms with E-state index in [0.717, 1.165) is 24.6 Å². The maximum atomic E-state index is 12.2. The van der Waals surface area contributed by atoms with Crippen molar-refractivity contribution in [1.82, 2.24) is 10.6 Å². The summed E-state index contributed by atoms with van der Waals surface area (Å²) in [5.41, 5.74) is 0. The summed E-state index contributed by atoms with van der Waals surface area (Å²) >= 11 is 0. The Morgan fingerprint density at radius 1 is 0.947 bits per heavy atom. The van der Waals surface area contributed by atoms with Crippen molar-refractivity contribution in [1.29, 1.82) is 0 Å². The van der Waals surface area contributed by atoms with Crippen molar-refractivity contribution >= 4 is 6.03 Å². The molecular formula is C10H14F6N2O. The highest BCUT2D eigenvalue weighted by Gasteiger charge is 2.57. The summed E-state index contributed by atoms with van der Waals surface area (Å²) in [6.45, 7) is 0. The molecule has 0 bridgehead atoms. The monoisotopic (exact) mass is 292 g/mol. The van der Waals surface area contributed by atoms with Crippen LogP contribution in [0.4, 0.5) is 31.1 Å². The molecule has 0 unspecified atom stereocenters. The van der Waals surface area contributed by atoms with Gasteiger partial charge in [-0.25, -0.2) is 4.79 Å². The van der Waals surface area contributed by atoms with Gasteiger partial charge in [0.1, 0.15) is 0 Å². The lowest BCUT2D eigenvalue weighted by molar-refractivity contribution is -0.255. The van der Waals surface area contributed by atoms with Gasteiger partial charge >= 0.3 is 18.4 Å². The van der Waals surface area contributed by atoms with E-state index >= 15 is 0 Å². The number of urea groups is 1. The molecule has 0 aliphatic heterocycles. The highest BCUT2D eigenvalue weighted by Crippen LogP contribution is 2.33. The van der Waals surface area contributed by atoms with Crippen LogP contribution in [-0.4, -0.2) is 30.5 Å². The van der Waals surface area contributed by atoms with Crippen molar-refractivity contribution in [2.24, 2.45) is 0 Å². The molecule has 1 rings (SSSR count). The van der Waals surface area contributed by atoms with Crippen LogP contribution in [-0.2, 0) is 0 Å². The molecule has 2 N–H and O–H groups in total. The van der Waals surface area contributed by atoms with E-state index in [2.05, 4.69) is 5.32 Å². The third kappa shape index (κ3) is 5.15. The summed E-state index contributed by atoms with van der Waals surface area (Å²) in [4.78, 5) is 11.2. The van der Waals surface area contributed by atoms with Gasteiger partial charge in [-0.15, -0.1) is 0 Å². The van der Waals surface area contributed by atoms with E-state index in [-0.39, 0.29) is 6.04 Å². The molecule has 0 aromatic heterocycles. The fraction of sp³-hybridized carbons (Fsp3) is 0.900. The second kappa shape index (κ2) is 5.87. The standard InChI is InChI=1S/C10H14F6N2O/c11-9(12,13)7(10(14,15)16)18-8(19)17-6-4-2-1-3-5-6/h6-7H,1-5H2,(H2,17,18,19). The molecule has 0 heterocycles. The van der Waals surface area contributed by atoms with E-state index in [1.54, 1.807) is 0 Å². The smallest absolute Gasteiger partial charge is 0.335 e. The third-order valence-corrected chi connectivity index (χ3v) is 2.87. The minimum atomic E-state index is -5.57. The van der Waals surface area contributed by atoms with Crippen molar-refractivity contribution < 1.29 is 31.1 Å². The van der Waals surface area contributed by atoms with Crippen LogP contribution in [0.5, 0.6) is 0 Å². The number of halogens is 6. The number of carbonyl (C=O) groups is 1. The average Bonchev–Trinajstić information content (AvgIpc) is 2.24. The minimum Gasteiger partial charge on any atom is -0.335 e. The molecular weight excluding hydrogens is 278 g/mol. The van der Waals surface area contributed by atoms with Gasteiger partial charge in [-0.05, 0) is 12.8 Å². The van der Waals surface area contributed by atoms with Gasteiger partial charge in [-0.3, -0.25) is 0 Å². The van der Waals surface area contributed by atoms with Crippen LogP contribution in [0.2, 0.25) is 0 Å². The van der Waals surface area contributed by atoms with Gasteiger partial charge in [0.05, 0.1) is 0 Å². The Hall–Kier alpha value is -1.15. The molecule has 112 valence electrons. The average molecular weight is 292 g/mol. The summed E-state index contributed by atoms with van der Waals surface area (Å²) in [7, 11) is 0. The van der Waals surface area contributed by atoms with E-state index in [0.29, 0.717) is 12.8 Å². The molecule has 1 fully saturated rings. The lowest BCUT2D eigenvalue weighted by Gasteiger charge is -2.27. The molecule has 0 saturated heterocycles. The first-order valence-electron chi connectivity index (χ1n) is 5.81. The molecule has 0 atom stereocenters. The zero-order valence-corrected chi connectivity index (χ0v) is 9.87. The van der Waals surface area contributed by atoms with E-state index in [1.807, 2.05) is 0 Å². The highest BCUT2D eigenvalue weighted by atomic mass is 19.4. The number of carbonyl (C=O) groups excluding carboxylic acids is 1. The number of hydrogen-bond donors (Lipinski definition) is 2. The molecule has 0 spiro atoms. The Balaban J connectivity index is 2.56. The molecule has 3 nitrogen and oxygen atoms in total. The molecule has 1 aliphatic rings. The zero-order chi connectivity index (χ0) is 14.7. The van der Waals surface area contributed by atoms with Crippen molar-refractivity contribution in [3.8, 4) is 0 Å². The Morgan fingerprint density at radius 2 is 1.42 bits per heavy atom. The van der Waals surface area contributed by atoms with E-state index in [1.165, 1.54) is 0 Å². The Morgan fingerprint density at radius 3 is 1.84 bits per heavy atom. The minimum absolute atomic E-state index is 0.365. The molecule has 0 aromatic rings. The first kappa shape index (κ1) is 15.9. The van der Waals surface area contributed by atoms with Crippen molar-refractivity contribution in [2.75, 3.05) is 0 Å². The maximum Gasteiger partial charge on any atom is 0.417 e. The second-order valence-corrected chi connectivity index (χ2v) is 4.47. The van der Waals surface area contributed by atoms with Crippen LogP contribution in [0.3, 0.4) is 0 Å². The molecule has 1 saturated carbocycles. The van der Waals surface area contributed by atoms with E-state index in [9.17, 15) is 31.1 Å². The van der Waals surface area contributed by atoms with Crippen LogP contribution in [0.1, 0.15) is 32.1 Å². The Kier molecular flexibility index (Phi) is 4.92. The van der Waals surface area contributed by atoms with Gasteiger partial charge in [-0.2, -0.15) is 26.3 Å². The zero-order valence-electron chi connectivity index (χ0n) is 9.87. The Bertz CT molecular complexity index is 294. The van der Waals surface area contributed by atoms with Crippen LogP contribution < -0.4 is 10.6 Å². The van der Waals surface area contributed by atoms with Crippen LogP contribution in [0.15, 0.2) is 0 Å². The molecule has 0 aromatic carbocycles. The SMILES string of the molecule is O=C(NC1CCCCC1)NC(C(F)(F)F)C(F)(F)F. The number of hydrogen-bond acceptors (Lipinski definition) is 1. The van der Waals surface area contributed by atoms with Crippen molar-refractivity contribution in [3.63, 3.8) is 0 Å². The van der Waals surface area contributed by atoms with Gasteiger partial charge in [0, 0.05) is 6.04 Å². The summed E-state index contributed by atoms with van der Waals surface area (Å²) in [5.74, 6) is 0. The normalized spacial score (nSPS) is 18.5. The van der Waals surface area contributed by atoms with Gasteiger partial charge in [-0.1, -0.05) is 19.3 Å². The van der Waals surface area contributed by atoms with Gasteiger partial charge in [0.2, 0.25) is 6.04 Å². The van der Waals surface area contributed by atoms with Crippen LogP contribution in [0, 0.1) is 0 Å². The van der Waals surface area contributed by atoms with E-state index in [4.69, 9.17) is 0 Å². The summed E-state index contributed by atoms with van der Waals surface area (Å²) in [6.07, 6.45) is -7.45. The number of amides is 2. The lowest BCUT2D eigenvalue weighted by Crippen LogP contribution is -2.58. The lowest BCUT2D eigenvalue weighted by atomic mass is 9.96. The van der Waals surface area contributed by atoms with Crippen LogP contribution in [0.25, 0.3) is 0 Å². The summed E-state index contributed by atoms with van der Waals surface area (Å²) in [5, 5.41) is 3.09. The third-order valence-electron chi connectivity index (χ3n) is 2.87.